The second-order valence-corrected chi connectivity index (χ2v) is 5.52. The molecule has 1 aromatic rings. The predicted octanol–water partition coefficient (Wildman–Crippen LogP) is 2.26. The summed E-state index contributed by atoms with van der Waals surface area (Å²) in [6, 6.07) is 4.95. The molecule has 0 bridgehead atoms. The molecule has 1 fully saturated rings. The second-order valence-electron chi connectivity index (χ2n) is 5.52. The summed E-state index contributed by atoms with van der Waals surface area (Å²) >= 11 is 0. The number of amides is 1. The quantitative estimate of drug-likeness (QED) is 0.806. The first-order chi connectivity index (χ1) is 10.1. The van der Waals surface area contributed by atoms with E-state index in [9.17, 15) is 9.18 Å². The molecule has 1 aromatic carbocycles. The van der Waals surface area contributed by atoms with Gasteiger partial charge in [0.2, 0.25) is 0 Å². The number of carbonyl (C=O) groups excluding carboxylic acids is 1. The highest BCUT2D eigenvalue weighted by atomic mass is 19.1. The van der Waals surface area contributed by atoms with Crippen molar-refractivity contribution in [2.75, 3.05) is 29.9 Å². The highest BCUT2D eigenvalue weighted by Crippen LogP contribution is 2.40. The van der Waals surface area contributed by atoms with Gasteiger partial charge in [-0.15, -0.1) is 0 Å². The first-order valence-corrected chi connectivity index (χ1v) is 7.37. The van der Waals surface area contributed by atoms with E-state index in [4.69, 9.17) is 0 Å². The van der Waals surface area contributed by atoms with E-state index < -0.39 is 0 Å². The number of carbonyl (C=O) groups is 1. The smallest absolute Gasteiger partial charge is 0.274 e. The average Bonchev–Trinajstić information content (AvgIpc) is 2.51. The fourth-order valence-electron chi connectivity index (χ4n) is 3.20. The van der Waals surface area contributed by atoms with Crippen LogP contribution in [0.15, 0.2) is 30.0 Å². The lowest BCUT2D eigenvalue weighted by molar-refractivity contribution is -0.115. The number of nitrogens with zero attached hydrogens (tertiary/aromatic N) is 2. The van der Waals surface area contributed by atoms with Crippen LogP contribution < -0.4 is 15.1 Å². The molecule has 0 atom stereocenters. The third-order valence-corrected chi connectivity index (χ3v) is 4.29. The van der Waals surface area contributed by atoms with Crippen LogP contribution in [0.3, 0.4) is 0 Å². The molecule has 2 aliphatic rings. The van der Waals surface area contributed by atoms with Crippen molar-refractivity contribution < 1.29 is 9.18 Å². The Morgan fingerprint density at radius 3 is 2.67 bits per heavy atom. The number of rotatable bonds is 1. The number of anilines is 2. The van der Waals surface area contributed by atoms with Crippen LogP contribution in [0.25, 0.3) is 0 Å². The molecule has 1 N–H and O–H groups in total. The molecule has 5 heteroatoms. The third kappa shape index (κ3) is 2.31. The monoisotopic (exact) mass is 289 g/mol. The summed E-state index contributed by atoms with van der Waals surface area (Å²) in [5.41, 5.74) is 2.24. The predicted molar refractivity (Wildman–Crippen MR) is 81.9 cm³/mol. The van der Waals surface area contributed by atoms with Crippen molar-refractivity contribution in [1.82, 2.24) is 5.32 Å². The number of allylic oxidation sites excluding steroid dienone is 1. The normalized spacial score (nSPS) is 21.9. The number of hydrogen-bond acceptors (Lipinski definition) is 3. The maximum Gasteiger partial charge on any atom is 0.274 e. The maximum absolute atomic E-state index is 13.6. The van der Waals surface area contributed by atoms with E-state index >= 15 is 0 Å². The van der Waals surface area contributed by atoms with Crippen LogP contribution in [0, 0.1) is 5.82 Å². The van der Waals surface area contributed by atoms with Gasteiger partial charge in [-0.3, -0.25) is 4.79 Å². The van der Waals surface area contributed by atoms with Crippen molar-refractivity contribution in [2.24, 2.45) is 0 Å². The van der Waals surface area contributed by atoms with Crippen LogP contribution >= 0.6 is 0 Å². The van der Waals surface area contributed by atoms with E-state index in [0.29, 0.717) is 11.4 Å². The van der Waals surface area contributed by atoms with Gasteiger partial charge < -0.3 is 15.1 Å². The first kappa shape index (κ1) is 14.1. The molecule has 3 rings (SSSR count). The molecule has 0 aromatic heterocycles. The molecule has 0 radical (unpaired) electrons. The van der Waals surface area contributed by atoms with Gasteiger partial charge in [-0.1, -0.05) is 6.08 Å². The second kappa shape index (κ2) is 5.48. The van der Waals surface area contributed by atoms with Gasteiger partial charge in [0, 0.05) is 13.1 Å². The fraction of sp³-hybridized carbons (Fsp3) is 0.438. The molecule has 21 heavy (non-hydrogen) atoms. The van der Waals surface area contributed by atoms with Crippen molar-refractivity contribution >= 4 is 17.3 Å². The van der Waals surface area contributed by atoms with Gasteiger partial charge in [0.1, 0.15) is 11.5 Å². The largest absolute Gasteiger partial charge is 0.332 e. The van der Waals surface area contributed by atoms with Crippen LogP contribution in [0.1, 0.15) is 19.8 Å². The van der Waals surface area contributed by atoms with Gasteiger partial charge in [0.05, 0.1) is 11.4 Å². The number of likely N-dealkylation sites (N-methyl/N-ethyl adjacent to an activating group) is 1. The van der Waals surface area contributed by atoms with Crippen LogP contribution in [0.2, 0.25) is 0 Å². The lowest BCUT2D eigenvalue weighted by Gasteiger charge is -2.43. The Bertz CT molecular complexity index is 593. The number of halogens is 1. The number of hydrogen-bond donors (Lipinski definition) is 1. The minimum atomic E-state index is -0.317. The molecular formula is C16H20FN3O. The van der Waals surface area contributed by atoms with Crippen LogP contribution in [-0.4, -0.2) is 32.1 Å². The van der Waals surface area contributed by atoms with Gasteiger partial charge in [-0.25, -0.2) is 4.39 Å². The minimum absolute atomic E-state index is 0.0749. The van der Waals surface area contributed by atoms with Crippen LogP contribution in [0.5, 0.6) is 0 Å². The molecule has 1 amide bonds. The Morgan fingerprint density at radius 1 is 1.29 bits per heavy atom. The van der Waals surface area contributed by atoms with Gasteiger partial charge in [0.15, 0.2) is 0 Å². The highest BCUT2D eigenvalue weighted by molar-refractivity contribution is 6.13. The Kier molecular flexibility index (Phi) is 3.68. The number of benzene rings is 1. The number of nitrogens with one attached hydrogen (secondary N) is 1. The summed E-state index contributed by atoms with van der Waals surface area (Å²) in [5.74, 6) is -0.392. The Hall–Kier alpha value is -1.88. The Balaban J connectivity index is 2.11. The molecule has 0 saturated carbocycles. The molecule has 0 unspecified atom stereocenters. The zero-order valence-electron chi connectivity index (χ0n) is 12.4. The van der Waals surface area contributed by atoms with Crippen molar-refractivity contribution in [2.45, 2.75) is 25.8 Å². The zero-order chi connectivity index (χ0) is 15.0. The summed E-state index contributed by atoms with van der Waals surface area (Å²) in [4.78, 5) is 16.2. The van der Waals surface area contributed by atoms with Gasteiger partial charge >= 0.3 is 0 Å². The highest BCUT2D eigenvalue weighted by Gasteiger charge is 2.35. The summed E-state index contributed by atoms with van der Waals surface area (Å²) in [7, 11) is 1.70. The van der Waals surface area contributed by atoms with Crippen molar-refractivity contribution in [1.29, 1.82) is 0 Å². The van der Waals surface area contributed by atoms with Crippen molar-refractivity contribution in [3.63, 3.8) is 0 Å². The SMILES string of the molecule is C/C=C1\C(=O)N(C)c2cc(F)ccc2N1C1CCNCC1. The van der Waals surface area contributed by atoms with E-state index in [0.717, 1.165) is 31.6 Å². The van der Waals surface area contributed by atoms with Crippen molar-refractivity contribution in [3.05, 3.63) is 35.8 Å². The lowest BCUT2D eigenvalue weighted by Crippen LogP contribution is -2.49. The zero-order valence-corrected chi connectivity index (χ0v) is 12.4. The average molecular weight is 289 g/mol. The maximum atomic E-state index is 13.6. The molecule has 0 aliphatic carbocycles. The van der Waals surface area contributed by atoms with Gasteiger partial charge in [0.25, 0.3) is 5.91 Å². The van der Waals surface area contributed by atoms with Gasteiger partial charge in [-0.05, 0) is 51.1 Å². The van der Waals surface area contributed by atoms with E-state index in [1.807, 2.05) is 13.0 Å². The fourth-order valence-corrected chi connectivity index (χ4v) is 3.20. The number of piperidine rings is 1. The molecule has 4 nitrogen and oxygen atoms in total. The molecule has 112 valence electrons. The van der Waals surface area contributed by atoms with E-state index in [-0.39, 0.29) is 17.8 Å². The van der Waals surface area contributed by atoms with Crippen LogP contribution in [-0.2, 0) is 4.79 Å². The lowest BCUT2D eigenvalue weighted by atomic mass is 10.00. The molecular weight excluding hydrogens is 269 g/mol. The third-order valence-electron chi connectivity index (χ3n) is 4.29. The molecule has 2 aliphatic heterocycles. The Labute approximate surface area is 124 Å². The van der Waals surface area contributed by atoms with Gasteiger partial charge in [-0.2, -0.15) is 0 Å². The van der Waals surface area contributed by atoms with E-state index in [2.05, 4.69) is 10.2 Å². The minimum Gasteiger partial charge on any atom is -0.332 e. The molecule has 2 heterocycles. The molecule has 0 spiro atoms. The van der Waals surface area contributed by atoms with Crippen molar-refractivity contribution in [3.8, 4) is 0 Å². The summed E-state index contributed by atoms with van der Waals surface area (Å²) in [6.07, 6.45) is 3.81. The van der Waals surface area contributed by atoms with E-state index in [1.165, 1.54) is 17.0 Å². The first-order valence-electron chi connectivity index (χ1n) is 7.37. The summed E-state index contributed by atoms with van der Waals surface area (Å²) in [5, 5.41) is 3.34. The summed E-state index contributed by atoms with van der Waals surface area (Å²) < 4.78 is 13.6. The number of fused-ring (bicyclic) bond motifs is 1. The standard InChI is InChI=1S/C16H20FN3O/c1-3-13-16(21)19(2)15-10-11(17)4-5-14(15)20(13)12-6-8-18-9-7-12/h3-5,10,12,18H,6-9H2,1-2H3/b13-3+. The van der Waals surface area contributed by atoms with Crippen LogP contribution in [0.4, 0.5) is 15.8 Å². The summed E-state index contributed by atoms with van der Waals surface area (Å²) in [6.45, 7) is 3.76. The Morgan fingerprint density at radius 2 is 2.00 bits per heavy atom. The topological polar surface area (TPSA) is 35.6 Å². The van der Waals surface area contributed by atoms with E-state index in [1.54, 1.807) is 13.1 Å². The molecule has 1 saturated heterocycles.